The lowest BCUT2D eigenvalue weighted by molar-refractivity contribution is -0.117. The second kappa shape index (κ2) is 7.81. The number of anilines is 1. The Morgan fingerprint density at radius 3 is 2.86 bits per heavy atom. The third kappa shape index (κ3) is 4.12. The first-order valence-electron chi connectivity index (χ1n) is 7.04. The highest BCUT2D eigenvalue weighted by Crippen LogP contribution is 2.27. The fraction of sp³-hybridized carbons (Fsp3) is 0.467. The minimum absolute atomic E-state index is 0. The molecule has 3 rings (SSSR count). The molecule has 0 saturated heterocycles. The van der Waals surface area contributed by atoms with E-state index in [0.717, 1.165) is 30.5 Å². The summed E-state index contributed by atoms with van der Waals surface area (Å²) in [5.41, 5.74) is 8.23. The van der Waals surface area contributed by atoms with Crippen molar-refractivity contribution in [1.29, 1.82) is 0 Å². The smallest absolute Gasteiger partial charge is 0.224 e. The molecule has 0 bridgehead atoms. The number of carbonyl (C=O) groups excluding carboxylic acids is 1. The van der Waals surface area contributed by atoms with Gasteiger partial charge in [-0.1, -0.05) is 6.42 Å². The molecule has 0 radical (unpaired) electrons. The van der Waals surface area contributed by atoms with Crippen LogP contribution in [0.3, 0.4) is 0 Å². The van der Waals surface area contributed by atoms with E-state index in [1.807, 2.05) is 18.2 Å². The van der Waals surface area contributed by atoms with Gasteiger partial charge in [0.05, 0.1) is 0 Å². The second-order valence-corrected chi connectivity index (χ2v) is 5.52. The minimum Gasteiger partial charge on any atom is -0.441 e. The van der Waals surface area contributed by atoms with Crippen molar-refractivity contribution in [2.75, 3.05) is 5.32 Å². The third-order valence-corrected chi connectivity index (χ3v) is 3.94. The van der Waals surface area contributed by atoms with Crippen molar-refractivity contribution >= 4 is 47.5 Å². The fourth-order valence-corrected chi connectivity index (χ4v) is 2.89. The summed E-state index contributed by atoms with van der Waals surface area (Å²) in [6, 6.07) is 5.67. The molecule has 1 heterocycles. The summed E-state index contributed by atoms with van der Waals surface area (Å²) >= 11 is 0. The number of aromatic nitrogens is 1. The lowest BCUT2D eigenvalue weighted by Crippen LogP contribution is -2.28. The molecule has 0 unspecified atom stereocenters. The molecule has 1 saturated carbocycles. The van der Waals surface area contributed by atoms with Crippen LogP contribution in [0.4, 0.5) is 5.69 Å². The normalized spacial score (nSPS) is 20.3. The average Bonchev–Trinajstić information content (AvgIpc) is 2.94. The average molecular weight is 346 g/mol. The van der Waals surface area contributed by atoms with E-state index in [-0.39, 0.29) is 36.8 Å². The Balaban J connectivity index is 0.00000121. The Morgan fingerprint density at radius 1 is 1.41 bits per heavy atom. The van der Waals surface area contributed by atoms with Crippen LogP contribution in [0.5, 0.6) is 0 Å². The van der Waals surface area contributed by atoms with Crippen LogP contribution in [-0.2, 0) is 4.79 Å². The van der Waals surface area contributed by atoms with E-state index in [4.69, 9.17) is 10.2 Å². The van der Waals surface area contributed by atoms with E-state index in [1.165, 1.54) is 0 Å². The Bertz CT molecular complexity index is 645. The SMILES string of the molecule is Cc1nc2ccc(NC(=O)C[C@@H]3CCC[C@H]3N)cc2o1.Cl.Cl. The zero-order valence-electron chi connectivity index (χ0n) is 12.4. The molecule has 0 aliphatic heterocycles. The molecule has 1 aliphatic rings. The van der Waals surface area contributed by atoms with Crippen LogP contribution in [0, 0.1) is 12.8 Å². The highest BCUT2D eigenvalue weighted by molar-refractivity contribution is 5.92. The maximum atomic E-state index is 12.0. The Hall–Kier alpha value is -1.30. The monoisotopic (exact) mass is 345 g/mol. The predicted octanol–water partition coefficient (Wildman–Crippen LogP) is 3.44. The van der Waals surface area contributed by atoms with Crippen LogP contribution in [0.2, 0.25) is 0 Å². The van der Waals surface area contributed by atoms with Crippen molar-refractivity contribution in [2.24, 2.45) is 11.7 Å². The maximum absolute atomic E-state index is 12.0. The maximum Gasteiger partial charge on any atom is 0.224 e. The summed E-state index contributed by atoms with van der Waals surface area (Å²) in [6.07, 6.45) is 3.70. The van der Waals surface area contributed by atoms with Gasteiger partial charge >= 0.3 is 0 Å². The highest BCUT2D eigenvalue weighted by atomic mass is 35.5. The number of hydrogen-bond donors (Lipinski definition) is 2. The standard InChI is InChI=1S/C15H19N3O2.2ClH/c1-9-17-13-6-5-11(8-14(13)20-9)18-15(19)7-10-3-2-4-12(10)16;;/h5-6,8,10,12H,2-4,7,16H2,1H3,(H,18,19);2*1H/t10-,12+;;/m0../s1. The number of nitrogens with two attached hydrogens (primary N) is 1. The number of fused-ring (bicyclic) bond motifs is 1. The van der Waals surface area contributed by atoms with Gasteiger partial charge in [-0.15, -0.1) is 24.8 Å². The van der Waals surface area contributed by atoms with Crippen molar-refractivity contribution < 1.29 is 9.21 Å². The minimum atomic E-state index is 0. The van der Waals surface area contributed by atoms with Crippen LogP contribution in [0.1, 0.15) is 31.6 Å². The quantitative estimate of drug-likeness (QED) is 0.892. The topological polar surface area (TPSA) is 81.2 Å². The number of rotatable bonds is 3. The Morgan fingerprint density at radius 2 is 2.18 bits per heavy atom. The van der Waals surface area contributed by atoms with E-state index in [2.05, 4.69) is 10.3 Å². The lowest BCUT2D eigenvalue weighted by atomic mass is 10.00. The second-order valence-electron chi connectivity index (χ2n) is 5.52. The number of nitrogens with one attached hydrogen (secondary N) is 1. The van der Waals surface area contributed by atoms with Crippen LogP contribution in [0.15, 0.2) is 22.6 Å². The molecule has 2 atom stereocenters. The van der Waals surface area contributed by atoms with Gasteiger partial charge in [-0.25, -0.2) is 4.98 Å². The largest absolute Gasteiger partial charge is 0.441 e. The molecule has 0 spiro atoms. The van der Waals surface area contributed by atoms with Crippen molar-refractivity contribution in [1.82, 2.24) is 4.98 Å². The predicted molar refractivity (Wildman–Crippen MR) is 91.8 cm³/mol. The van der Waals surface area contributed by atoms with Gasteiger partial charge < -0.3 is 15.5 Å². The van der Waals surface area contributed by atoms with E-state index in [0.29, 0.717) is 23.8 Å². The van der Waals surface area contributed by atoms with Gasteiger partial charge in [-0.05, 0) is 30.9 Å². The lowest BCUT2D eigenvalue weighted by Gasteiger charge is -2.14. The van der Waals surface area contributed by atoms with E-state index >= 15 is 0 Å². The number of amides is 1. The molecule has 1 aromatic heterocycles. The summed E-state index contributed by atoms with van der Waals surface area (Å²) in [4.78, 5) is 16.3. The molecule has 1 aliphatic carbocycles. The molecular weight excluding hydrogens is 325 g/mol. The number of benzene rings is 1. The Kier molecular flexibility index (Phi) is 6.66. The number of carbonyl (C=O) groups is 1. The third-order valence-electron chi connectivity index (χ3n) is 3.94. The van der Waals surface area contributed by atoms with Gasteiger partial charge in [0, 0.05) is 31.1 Å². The van der Waals surface area contributed by atoms with Gasteiger partial charge in [0.1, 0.15) is 5.52 Å². The molecule has 5 nitrogen and oxygen atoms in total. The van der Waals surface area contributed by atoms with Crippen molar-refractivity contribution in [2.45, 2.75) is 38.6 Å². The molecule has 1 amide bonds. The molecule has 22 heavy (non-hydrogen) atoms. The molecule has 1 fully saturated rings. The molecule has 3 N–H and O–H groups in total. The number of aryl methyl sites for hydroxylation is 1. The van der Waals surface area contributed by atoms with Gasteiger partial charge in [-0.3, -0.25) is 4.79 Å². The number of hydrogen-bond acceptors (Lipinski definition) is 4. The van der Waals surface area contributed by atoms with Gasteiger partial charge in [0.25, 0.3) is 0 Å². The first-order chi connectivity index (χ1) is 9.61. The van der Waals surface area contributed by atoms with Crippen molar-refractivity contribution in [3.8, 4) is 0 Å². The Labute approximate surface area is 141 Å². The molecule has 2 aromatic rings. The van der Waals surface area contributed by atoms with Crippen molar-refractivity contribution in [3.63, 3.8) is 0 Å². The van der Waals surface area contributed by atoms with Gasteiger partial charge in [-0.2, -0.15) is 0 Å². The van der Waals surface area contributed by atoms with Crippen LogP contribution in [-0.4, -0.2) is 16.9 Å². The van der Waals surface area contributed by atoms with E-state index in [1.54, 1.807) is 6.92 Å². The van der Waals surface area contributed by atoms with Crippen molar-refractivity contribution in [3.05, 3.63) is 24.1 Å². The first kappa shape index (κ1) is 18.7. The number of nitrogens with zero attached hydrogens (tertiary/aromatic N) is 1. The van der Waals surface area contributed by atoms with Crippen LogP contribution in [0.25, 0.3) is 11.1 Å². The first-order valence-corrected chi connectivity index (χ1v) is 7.04. The zero-order valence-corrected chi connectivity index (χ0v) is 14.0. The summed E-state index contributed by atoms with van der Waals surface area (Å²) in [6.45, 7) is 1.81. The zero-order chi connectivity index (χ0) is 14.1. The van der Waals surface area contributed by atoms with Gasteiger partial charge in [0.15, 0.2) is 11.5 Å². The summed E-state index contributed by atoms with van der Waals surface area (Å²) in [5, 5.41) is 2.91. The van der Waals surface area contributed by atoms with E-state index in [9.17, 15) is 4.79 Å². The molecule has 7 heteroatoms. The van der Waals surface area contributed by atoms with Crippen LogP contribution < -0.4 is 11.1 Å². The highest BCUT2D eigenvalue weighted by Gasteiger charge is 2.26. The van der Waals surface area contributed by atoms with E-state index < -0.39 is 0 Å². The summed E-state index contributed by atoms with van der Waals surface area (Å²) in [5.74, 6) is 0.953. The number of halogens is 2. The molecule has 1 aromatic carbocycles. The molecule has 122 valence electrons. The molecular formula is C15H21Cl2N3O2. The summed E-state index contributed by atoms with van der Waals surface area (Å²) in [7, 11) is 0. The van der Waals surface area contributed by atoms with Gasteiger partial charge in [0.2, 0.25) is 5.91 Å². The van der Waals surface area contributed by atoms with Crippen LogP contribution >= 0.6 is 24.8 Å². The fourth-order valence-electron chi connectivity index (χ4n) is 2.89. The number of oxazole rings is 1. The summed E-state index contributed by atoms with van der Waals surface area (Å²) < 4.78 is 5.46.